The van der Waals surface area contributed by atoms with Crippen molar-refractivity contribution in [3.63, 3.8) is 0 Å². The molecule has 0 saturated carbocycles. The minimum absolute atomic E-state index is 0.283. The Kier molecular flexibility index (Phi) is 4.36. The molecule has 1 aromatic carbocycles. The Morgan fingerprint density at radius 1 is 1.10 bits per heavy atom. The fourth-order valence-corrected chi connectivity index (χ4v) is 6.39. The van der Waals surface area contributed by atoms with Crippen LogP contribution in [0.15, 0.2) is 82.2 Å². The van der Waals surface area contributed by atoms with Crippen molar-refractivity contribution in [2.24, 2.45) is 22.7 Å². The molecule has 0 N–H and O–H groups in total. The van der Waals surface area contributed by atoms with Gasteiger partial charge in [-0.15, -0.1) is 0 Å². The Balaban J connectivity index is 1.41. The first-order valence-corrected chi connectivity index (χ1v) is 11.5. The third-order valence-corrected chi connectivity index (χ3v) is 7.75. The van der Waals surface area contributed by atoms with Crippen molar-refractivity contribution in [2.75, 3.05) is 6.54 Å². The van der Waals surface area contributed by atoms with Crippen molar-refractivity contribution in [1.29, 1.82) is 0 Å². The molecular weight excluding hydrogens is 368 g/mol. The number of dihydropyridines is 1. The topological polar surface area (TPSA) is 32.7 Å². The van der Waals surface area contributed by atoms with Crippen LogP contribution in [0.4, 0.5) is 0 Å². The number of fused-ring (bicyclic) bond motifs is 5. The number of Topliss-reactive ketones (excluding diaryl/α,β-unsaturated/α-hetero) is 1. The number of hydrogen-bond donors (Lipinski definition) is 0. The first-order valence-electron chi connectivity index (χ1n) is 11.5. The molecule has 152 valence electrons. The van der Waals surface area contributed by atoms with Crippen LogP contribution in [0.25, 0.3) is 0 Å². The lowest BCUT2D eigenvalue weighted by atomic mass is 9.73. The van der Waals surface area contributed by atoms with E-state index in [0.29, 0.717) is 30.2 Å². The van der Waals surface area contributed by atoms with Crippen molar-refractivity contribution in [2.45, 2.75) is 44.6 Å². The lowest BCUT2D eigenvalue weighted by molar-refractivity contribution is 0.0960. The smallest absolute Gasteiger partial charge is 0.163 e. The predicted molar refractivity (Wildman–Crippen MR) is 120 cm³/mol. The average Bonchev–Trinajstić information content (AvgIpc) is 3.02. The number of allylic oxidation sites excluding steroid dienone is 5. The number of nitrogens with zero attached hydrogens (tertiary/aromatic N) is 2. The SMILES string of the molecule is O=C(CC1CC[C@H]2C3=C1CC=C1C=CCCC1N3C1=CC=NC[C@@H]12)c1ccccc1. The minimum atomic E-state index is 0.283. The first kappa shape index (κ1) is 18.1. The summed E-state index contributed by atoms with van der Waals surface area (Å²) in [4.78, 5) is 20.4. The van der Waals surface area contributed by atoms with Gasteiger partial charge in [-0.25, -0.2) is 0 Å². The van der Waals surface area contributed by atoms with E-state index in [9.17, 15) is 4.79 Å². The van der Waals surface area contributed by atoms with Crippen LogP contribution >= 0.6 is 0 Å². The zero-order valence-corrected chi connectivity index (χ0v) is 17.3. The highest BCUT2D eigenvalue weighted by Gasteiger charge is 2.49. The Bertz CT molecular complexity index is 1030. The average molecular weight is 397 g/mol. The summed E-state index contributed by atoms with van der Waals surface area (Å²) >= 11 is 0. The number of aliphatic imine (C=N–C) groups is 1. The summed E-state index contributed by atoms with van der Waals surface area (Å²) in [6.45, 7) is 0.916. The second kappa shape index (κ2) is 7.23. The molecule has 3 heteroatoms. The van der Waals surface area contributed by atoms with Gasteiger partial charge < -0.3 is 4.90 Å². The summed E-state index contributed by atoms with van der Waals surface area (Å²) in [6.07, 6.45) is 17.6. The van der Waals surface area contributed by atoms with Gasteiger partial charge in [0.1, 0.15) is 0 Å². The second-order valence-corrected chi connectivity index (χ2v) is 9.27. The van der Waals surface area contributed by atoms with Crippen LogP contribution in [0.5, 0.6) is 0 Å². The van der Waals surface area contributed by atoms with Crippen molar-refractivity contribution in [1.82, 2.24) is 4.90 Å². The molecule has 0 radical (unpaired) electrons. The Morgan fingerprint density at radius 2 is 2.00 bits per heavy atom. The lowest BCUT2D eigenvalue weighted by Gasteiger charge is -2.37. The van der Waals surface area contributed by atoms with Crippen molar-refractivity contribution >= 4 is 12.0 Å². The molecule has 3 aliphatic heterocycles. The van der Waals surface area contributed by atoms with Gasteiger partial charge in [-0.2, -0.15) is 0 Å². The standard InChI is InChI=1S/C27H28N2O/c30-26(19-7-2-1-3-8-19)16-20-11-13-22-23-17-28-15-14-25(23)29-24-9-5-4-6-18(24)10-12-21(20)27(22)29/h1-4,6-8,10,14-15,20,22-24H,5,9,11-13,16-17H2/t20?,22-,23-,24?/m1/s1. The van der Waals surface area contributed by atoms with Gasteiger partial charge in [-0.1, -0.05) is 48.6 Å². The third-order valence-electron chi connectivity index (χ3n) is 7.75. The van der Waals surface area contributed by atoms with Gasteiger partial charge in [-0.05, 0) is 55.2 Å². The maximum absolute atomic E-state index is 13.1. The van der Waals surface area contributed by atoms with Gasteiger partial charge in [-0.3, -0.25) is 9.79 Å². The molecule has 3 nitrogen and oxygen atoms in total. The van der Waals surface area contributed by atoms with Gasteiger partial charge in [0, 0.05) is 48.0 Å². The predicted octanol–water partition coefficient (Wildman–Crippen LogP) is 5.49. The highest BCUT2D eigenvalue weighted by Crippen LogP contribution is 2.55. The molecule has 2 aliphatic carbocycles. The molecule has 30 heavy (non-hydrogen) atoms. The largest absolute Gasteiger partial charge is 0.341 e. The van der Waals surface area contributed by atoms with E-state index in [4.69, 9.17) is 0 Å². The first-order chi connectivity index (χ1) is 14.8. The molecule has 2 unspecified atom stereocenters. The van der Waals surface area contributed by atoms with Crippen LogP contribution in [0.3, 0.4) is 0 Å². The van der Waals surface area contributed by atoms with Gasteiger partial charge in [0.15, 0.2) is 5.78 Å². The summed E-state index contributed by atoms with van der Waals surface area (Å²) in [5.41, 5.74) is 6.88. The van der Waals surface area contributed by atoms with Crippen molar-refractivity contribution in [3.05, 3.63) is 82.7 Å². The third kappa shape index (κ3) is 2.79. The molecule has 1 saturated heterocycles. The molecule has 0 bridgehead atoms. The molecule has 1 fully saturated rings. The van der Waals surface area contributed by atoms with Crippen molar-refractivity contribution < 1.29 is 4.79 Å². The number of benzene rings is 1. The molecule has 1 aromatic rings. The fourth-order valence-electron chi connectivity index (χ4n) is 6.39. The highest BCUT2D eigenvalue weighted by atomic mass is 16.1. The number of carbonyl (C=O) groups excluding carboxylic acids is 1. The van der Waals surface area contributed by atoms with Crippen LogP contribution in [0.1, 0.15) is 48.9 Å². The molecule has 0 aromatic heterocycles. The van der Waals surface area contributed by atoms with Crippen molar-refractivity contribution in [3.8, 4) is 0 Å². The van der Waals surface area contributed by atoms with E-state index in [2.05, 4.69) is 34.2 Å². The fraction of sp³-hybridized carbons (Fsp3) is 0.407. The highest BCUT2D eigenvalue weighted by molar-refractivity contribution is 5.96. The molecule has 4 atom stereocenters. The monoisotopic (exact) mass is 396 g/mol. The normalized spacial score (nSPS) is 31.4. The number of carbonyl (C=O) groups is 1. The zero-order chi connectivity index (χ0) is 20.1. The maximum Gasteiger partial charge on any atom is 0.163 e. The second-order valence-electron chi connectivity index (χ2n) is 9.27. The van der Waals surface area contributed by atoms with Gasteiger partial charge in [0.2, 0.25) is 0 Å². The summed E-state index contributed by atoms with van der Waals surface area (Å²) in [5, 5.41) is 0. The van der Waals surface area contributed by atoms with Crippen LogP contribution in [-0.4, -0.2) is 29.5 Å². The van der Waals surface area contributed by atoms with E-state index in [0.717, 1.165) is 31.4 Å². The molecule has 3 heterocycles. The van der Waals surface area contributed by atoms with E-state index in [1.807, 2.05) is 36.5 Å². The van der Waals surface area contributed by atoms with Crippen LogP contribution in [-0.2, 0) is 0 Å². The van der Waals surface area contributed by atoms with E-state index < -0.39 is 0 Å². The summed E-state index contributed by atoms with van der Waals surface area (Å²) in [7, 11) is 0. The van der Waals surface area contributed by atoms with E-state index >= 15 is 0 Å². The minimum Gasteiger partial charge on any atom is -0.341 e. The van der Waals surface area contributed by atoms with Crippen LogP contribution < -0.4 is 0 Å². The Morgan fingerprint density at radius 3 is 2.90 bits per heavy atom. The zero-order valence-electron chi connectivity index (χ0n) is 17.3. The lowest BCUT2D eigenvalue weighted by Crippen LogP contribution is -2.35. The molecule has 5 aliphatic rings. The van der Waals surface area contributed by atoms with Gasteiger partial charge in [0.05, 0.1) is 6.04 Å². The van der Waals surface area contributed by atoms with Gasteiger partial charge >= 0.3 is 0 Å². The molecule has 6 rings (SSSR count). The number of rotatable bonds is 3. The molecular formula is C27H28N2O. The van der Waals surface area contributed by atoms with Gasteiger partial charge in [0.25, 0.3) is 0 Å². The van der Waals surface area contributed by atoms with E-state index in [1.165, 1.54) is 29.7 Å². The summed E-state index contributed by atoms with van der Waals surface area (Å²) < 4.78 is 0. The van der Waals surface area contributed by atoms with Crippen LogP contribution in [0.2, 0.25) is 0 Å². The maximum atomic E-state index is 13.1. The van der Waals surface area contributed by atoms with E-state index in [1.54, 1.807) is 5.70 Å². The quantitative estimate of drug-likeness (QED) is 0.633. The van der Waals surface area contributed by atoms with Crippen LogP contribution in [0, 0.1) is 17.8 Å². The molecule has 0 spiro atoms. The van der Waals surface area contributed by atoms with E-state index in [-0.39, 0.29) is 5.78 Å². The number of ketones is 1. The Hall–Kier alpha value is -2.68. The summed E-state index contributed by atoms with van der Waals surface area (Å²) in [5.74, 6) is 1.74. The Labute approximate surface area is 178 Å². The molecule has 0 amide bonds. The summed E-state index contributed by atoms with van der Waals surface area (Å²) in [6, 6.07) is 10.3. The number of hydrogen-bond acceptors (Lipinski definition) is 3.